The molecule has 0 aliphatic rings. The van der Waals surface area contributed by atoms with Gasteiger partial charge in [0.25, 0.3) is 5.91 Å². The van der Waals surface area contributed by atoms with E-state index in [1.165, 1.54) is 6.07 Å². The lowest BCUT2D eigenvalue weighted by atomic mass is 10.2. The first kappa shape index (κ1) is 12.6. The monoisotopic (exact) mass is 221 g/mol. The second-order valence-corrected chi connectivity index (χ2v) is 3.79. The minimum Gasteiger partial charge on any atom is -0.508 e. The number of carbonyl (C=O) groups excluding carboxylic acids is 1. The molecule has 3 nitrogen and oxygen atoms in total. The van der Waals surface area contributed by atoms with Gasteiger partial charge in [-0.25, -0.2) is 0 Å². The van der Waals surface area contributed by atoms with Crippen molar-refractivity contribution >= 4 is 5.91 Å². The van der Waals surface area contributed by atoms with Gasteiger partial charge in [0.1, 0.15) is 5.75 Å². The number of benzene rings is 1. The summed E-state index contributed by atoms with van der Waals surface area (Å²) in [5.41, 5.74) is 0.554. The average Bonchev–Trinajstić information content (AvgIpc) is 2.29. The Kier molecular flexibility index (Phi) is 4.83. The fourth-order valence-corrected chi connectivity index (χ4v) is 1.57. The Labute approximate surface area is 96.7 Å². The highest BCUT2D eigenvalue weighted by atomic mass is 16.3. The molecule has 0 aromatic heterocycles. The van der Waals surface area contributed by atoms with Crippen molar-refractivity contribution in [3.8, 4) is 5.75 Å². The number of carbonyl (C=O) groups is 1. The molecule has 0 saturated carbocycles. The fraction of sp³-hybridized carbons (Fsp3) is 0.462. The summed E-state index contributed by atoms with van der Waals surface area (Å²) in [5.74, 6) is 0.129. The number of unbranched alkanes of at least 4 members (excludes halogenated alkanes) is 1. The summed E-state index contributed by atoms with van der Waals surface area (Å²) < 4.78 is 0. The molecule has 0 aliphatic carbocycles. The van der Waals surface area contributed by atoms with E-state index in [2.05, 4.69) is 6.92 Å². The Hall–Kier alpha value is -1.51. The smallest absolute Gasteiger partial charge is 0.253 e. The minimum absolute atomic E-state index is 0.00755. The highest BCUT2D eigenvalue weighted by Gasteiger charge is 2.13. The van der Waals surface area contributed by atoms with Gasteiger partial charge in [-0.2, -0.15) is 0 Å². The summed E-state index contributed by atoms with van der Waals surface area (Å²) in [6.45, 7) is 5.55. The van der Waals surface area contributed by atoms with Crippen LogP contribution >= 0.6 is 0 Å². The van der Waals surface area contributed by atoms with Crippen molar-refractivity contribution < 1.29 is 9.90 Å². The van der Waals surface area contributed by atoms with Crippen molar-refractivity contribution in [3.05, 3.63) is 29.8 Å². The molecule has 0 spiro atoms. The number of nitrogens with zero attached hydrogens (tertiary/aromatic N) is 1. The van der Waals surface area contributed by atoms with E-state index in [1.807, 2.05) is 6.92 Å². The van der Waals surface area contributed by atoms with Gasteiger partial charge < -0.3 is 10.0 Å². The number of rotatable bonds is 5. The summed E-state index contributed by atoms with van der Waals surface area (Å²) in [5, 5.41) is 9.32. The molecule has 1 amide bonds. The van der Waals surface area contributed by atoms with Gasteiger partial charge in [0.05, 0.1) is 0 Å². The van der Waals surface area contributed by atoms with E-state index in [9.17, 15) is 9.90 Å². The van der Waals surface area contributed by atoms with Crippen LogP contribution in [0.25, 0.3) is 0 Å². The second-order valence-electron chi connectivity index (χ2n) is 3.79. The number of hydrogen-bond donors (Lipinski definition) is 1. The molecule has 0 unspecified atom stereocenters. The van der Waals surface area contributed by atoms with Gasteiger partial charge in [0, 0.05) is 18.7 Å². The van der Waals surface area contributed by atoms with Gasteiger partial charge in [-0.15, -0.1) is 0 Å². The molecule has 0 atom stereocenters. The lowest BCUT2D eigenvalue weighted by Gasteiger charge is -2.20. The van der Waals surface area contributed by atoms with E-state index in [0.29, 0.717) is 12.1 Å². The third-order valence-corrected chi connectivity index (χ3v) is 2.54. The third-order valence-electron chi connectivity index (χ3n) is 2.54. The molecule has 16 heavy (non-hydrogen) atoms. The molecule has 1 N–H and O–H groups in total. The summed E-state index contributed by atoms with van der Waals surface area (Å²) in [7, 11) is 0. The molecule has 3 heteroatoms. The van der Waals surface area contributed by atoms with Gasteiger partial charge in [0.15, 0.2) is 0 Å². The number of aromatic hydroxyl groups is 1. The van der Waals surface area contributed by atoms with Crippen molar-refractivity contribution in [3.63, 3.8) is 0 Å². The topological polar surface area (TPSA) is 40.5 Å². The van der Waals surface area contributed by atoms with Crippen LogP contribution in [0.1, 0.15) is 37.0 Å². The Morgan fingerprint density at radius 1 is 1.38 bits per heavy atom. The van der Waals surface area contributed by atoms with Crippen LogP contribution in [-0.4, -0.2) is 29.0 Å². The first-order valence-corrected chi connectivity index (χ1v) is 5.77. The standard InChI is InChI=1S/C13H19NO2/c1-3-5-9-14(4-2)13(16)11-7-6-8-12(15)10-11/h6-8,10,15H,3-5,9H2,1-2H3. The zero-order chi connectivity index (χ0) is 12.0. The first-order chi connectivity index (χ1) is 7.69. The molecule has 1 aromatic rings. The van der Waals surface area contributed by atoms with Crippen molar-refractivity contribution in [2.75, 3.05) is 13.1 Å². The van der Waals surface area contributed by atoms with Crippen LogP contribution in [0, 0.1) is 0 Å². The van der Waals surface area contributed by atoms with Crippen LogP contribution in [0.4, 0.5) is 0 Å². The lowest BCUT2D eigenvalue weighted by molar-refractivity contribution is 0.0762. The second kappa shape index (κ2) is 6.16. The van der Waals surface area contributed by atoms with E-state index < -0.39 is 0 Å². The molecule has 0 radical (unpaired) electrons. The molecule has 0 fully saturated rings. The molecule has 0 aliphatic heterocycles. The predicted molar refractivity (Wildman–Crippen MR) is 64.6 cm³/mol. The van der Waals surface area contributed by atoms with Crippen molar-refractivity contribution in [1.29, 1.82) is 0 Å². The minimum atomic E-state index is -0.00755. The summed E-state index contributed by atoms with van der Waals surface area (Å²) in [4.78, 5) is 13.9. The van der Waals surface area contributed by atoms with Crippen molar-refractivity contribution in [2.24, 2.45) is 0 Å². The number of phenols is 1. The van der Waals surface area contributed by atoms with Crippen LogP contribution < -0.4 is 0 Å². The average molecular weight is 221 g/mol. The number of phenolic OH excluding ortho intramolecular Hbond substituents is 1. The quantitative estimate of drug-likeness (QED) is 0.830. The van der Waals surface area contributed by atoms with Crippen LogP contribution in [0.5, 0.6) is 5.75 Å². The molecule has 1 aromatic carbocycles. The lowest BCUT2D eigenvalue weighted by Crippen LogP contribution is -2.31. The maximum atomic E-state index is 12.0. The van der Waals surface area contributed by atoms with Crippen molar-refractivity contribution in [2.45, 2.75) is 26.7 Å². The summed E-state index contributed by atoms with van der Waals surface area (Å²) in [6, 6.07) is 6.50. The van der Waals surface area contributed by atoms with E-state index in [4.69, 9.17) is 0 Å². The Balaban J connectivity index is 2.74. The molecule has 88 valence electrons. The van der Waals surface area contributed by atoms with Crippen molar-refractivity contribution in [1.82, 2.24) is 4.90 Å². The van der Waals surface area contributed by atoms with Crippen LogP contribution in [0.15, 0.2) is 24.3 Å². The zero-order valence-corrected chi connectivity index (χ0v) is 9.94. The Morgan fingerprint density at radius 3 is 2.69 bits per heavy atom. The third kappa shape index (κ3) is 3.26. The maximum absolute atomic E-state index is 12.0. The maximum Gasteiger partial charge on any atom is 0.253 e. The van der Waals surface area contributed by atoms with Gasteiger partial charge in [-0.05, 0) is 31.5 Å². The molecular weight excluding hydrogens is 202 g/mol. The van der Waals surface area contributed by atoms with E-state index in [1.54, 1.807) is 23.1 Å². The number of hydrogen-bond acceptors (Lipinski definition) is 2. The van der Waals surface area contributed by atoms with E-state index >= 15 is 0 Å². The molecular formula is C13H19NO2. The van der Waals surface area contributed by atoms with Crippen LogP contribution in [0.2, 0.25) is 0 Å². The highest BCUT2D eigenvalue weighted by molar-refractivity contribution is 5.94. The first-order valence-electron chi connectivity index (χ1n) is 5.77. The van der Waals surface area contributed by atoms with Gasteiger partial charge in [-0.3, -0.25) is 4.79 Å². The Morgan fingerprint density at radius 2 is 2.12 bits per heavy atom. The van der Waals surface area contributed by atoms with E-state index in [-0.39, 0.29) is 11.7 Å². The van der Waals surface area contributed by atoms with Gasteiger partial charge in [0.2, 0.25) is 0 Å². The largest absolute Gasteiger partial charge is 0.508 e. The molecule has 0 heterocycles. The molecule has 0 bridgehead atoms. The fourth-order valence-electron chi connectivity index (χ4n) is 1.57. The summed E-state index contributed by atoms with van der Waals surface area (Å²) >= 11 is 0. The molecule has 1 rings (SSSR count). The molecule has 0 saturated heterocycles. The van der Waals surface area contributed by atoms with Gasteiger partial charge in [-0.1, -0.05) is 19.4 Å². The highest BCUT2D eigenvalue weighted by Crippen LogP contribution is 2.13. The van der Waals surface area contributed by atoms with Crippen LogP contribution in [0.3, 0.4) is 0 Å². The van der Waals surface area contributed by atoms with Gasteiger partial charge >= 0.3 is 0 Å². The number of amides is 1. The zero-order valence-electron chi connectivity index (χ0n) is 9.94. The van der Waals surface area contributed by atoms with E-state index in [0.717, 1.165) is 19.4 Å². The predicted octanol–water partition coefficient (Wildman–Crippen LogP) is 2.65. The SMILES string of the molecule is CCCCN(CC)C(=O)c1cccc(O)c1. The Bertz CT molecular complexity index is 350. The van der Waals surface area contributed by atoms with Crippen LogP contribution in [-0.2, 0) is 0 Å². The normalized spacial score (nSPS) is 10.1. The summed E-state index contributed by atoms with van der Waals surface area (Å²) in [6.07, 6.45) is 2.09.